The van der Waals surface area contributed by atoms with Crippen LogP contribution in [0.2, 0.25) is 0 Å². The van der Waals surface area contributed by atoms with Gasteiger partial charge >= 0.3 is 0 Å². The maximum absolute atomic E-state index is 11.1. The number of benzene rings is 1. The summed E-state index contributed by atoms with van der Waals surface area (Å²) in [6.07, 6.45) is 1.94. The van der Waals surface area contributed by atoms with Crippen molar-refractivity contribution >= 4 is 5.91 Å². The predicted octanol–water partition coefficient (Wildman–Crippen LogP) is 2.36. The molecule has 0 aromatic heterocycles. The van der Waals surface area contributed by atoms with Gasteiger partial charge in [-0.1, -0.05) is 17.7 Å². The van der Waals surface area contributed by atoms with Crippen LogP contribution >= 0.6 is 0 Å². The minimum Gasteiger partial charge on any atom is -0.508 e. The SMILES string of the molecule is CC(=O)NC1CCN(C(C)c2cc(C)ccc2O)CC1. The number of nitrogens with zero attached hydrogens (tertiary/aromatic N) is 1. The Kier molecular flexibility index (Phi) is 4.65. The van der Waals surface area contributed by atoms with Crippen molar-refractivity contribution < 1.29 is 9.90 Å². The fourth-order valence-corrected chi connectivity index (χ4v) is 2.92. The fraction of sp³-hybridized carbons (Fsp3) is 0.562. The molecule has 0 aliphatic carbocycles. The normalized spacial score (nSPS) is 18.8. The molecule has 1 aromatic carbocycles. The van der Waals surface area contributed by atoms with E-state index in [0.29, 0.717) is 11.8 Å². The summed E-state index contributed by atoms with van der Waals surface area (Å²) in [5, 5.41) is 13.0. The number of aryl methyl sites for hydroxylation is 1. The van der Waals surface area contributed by atoms with E-state index >= 15 is 0 Å². The molecule has 2 rings (SSSR count). The Morgan fingerprint density at radius 2 is 2.05 bits per heavy atom. The van der Waals surface area contributed by atoms with Crippen LogP contribution in [-0.2, 0) is 4.79 Å². The van der Waals surface area contributed by atoms with Crippen LogP contribution in [0.25, 0.3) is 0 Å². The van der Waals surface area contributed by atoms with Crippen molar-refractivity contribution in [2.45, 2.75) is 45.7 Å². The zero-order valence-corrected chi connectivity index (χ0v) is 12.5. The van der Waals surface area contributed by atoms with E-state index in [0.717, 1.165) is 37.1 Å². The number of phenols is 1. The number of carbonyl (C=O) groups excluding carboxylic acids is 1. The highest BCUT2D eigenvalue weighted by atomic mass is 16.3. The molecule has 1 atom stereocenters. The van der Waals surface area contributed by atoms with E-state index in [-0.39, 0.29) is 11.9 Å². The first kappa shape index (κ1) is 14.9. The van der Waals surface area contributed by atoms with Crippen molar-refractivity contribution in [3.63, 3.8) is 0 Å². The molecule has 0 spiro atoms. The highest BCUT2D eigenvalue weighted by molar-refractivity contribution is 5.73. The minimum atomic E-state index is 0.0489. The lowest BCUT2D eigenvalue weighted by Crippen LogP contribution is -2.44. The molecule has 1 amide bonds. The summed E-state index contributed by atoms with van der Waals surface area (Å²) in [6.45, 7) is 7.63. The van der Waals surface area contributed by atoms with E-state index in [2.05, 4.69) is 23.2 Å². The zero-order valence-electron chi connectivity index (χ0n) is 12.5. The summed E-state index contributed by atoms with van der Waals surface area (Å²) < 4.78 is 0. The first-order valence-corrected chi connectivity index (χ1v) is 7.28. The van der Waals surface area contributed by atoms with Crippen LogP contribution in [-0.4, -0.2) is 35.0 Å². The van der Waals surface area contributed by atoms with Gasteiger partial charge in [0.15, 0.2) is 0 Å². The molecule has 20 heavy (non-hydrogen) atoms. The highest BCUT2D eigenvalue weighted by Gasteiger charge is 2.25. The van der Waals surface area contributed by atoms with Gasteiger partial charge in [0.2, 0.25) is 5.91 Å². The molecule has 0 radical (unpaired) electrons. The third-order valence-corrected chi connectivity index (χ3v) is 4.12. The quantitative estimate of drug-likeness (QED) is 0.891. The molecule has 1 unspecified atom stereocenters. The van der Waals surface area contributed by atoms with Gasteiger partial charge in [-0.3, -0.25) is 9.69 Å². The Morgan fingerprint density at radius 3 is 2.65 bits per heavy atom. The standard InChI is InChI=1S/C16H24N2O2/c1-11-4-5-16(20)15(10-11)12(2)18-8-6-14(7-9-18)17-13(3)19/h4-5,10,12,14,20H,6-9H2,1-3H3,(H,17,19). The van der Waals surface area contributed by atoms with Gasteiger partial charge in [0.1, 0.15) is 5.75 Å². The number of aromatic hydroxyl groups is 1. The zero-order chi connectivity index (χ0) is 14.7. The maximum atomic E-state index is 11.1. The fourth-order valence-electron chi connectivity index (χ4n) is 2.92. The number of phenolic OH excluding ortho intramolecular Hbond substituents is 1. The maximum Gasteiger partial charge on any atom is 0.217 e. The lowest BCUT2D eigenvalue weighted by Gasteiger charge is -2.36. The molecule has 1 aliphatic rings. The van der Waals surface area contributed by atoms with Crippen molar-refractivity contribution in [2.24, 2.45) is 0 Å². The van der Waals surface area contributed by atoms with Crippen LogP contribution in [0.4, 0.5) is 0 Å². The van der Waals surface area contributed by atoms with Gasteiger partial charge in [0.25, 0.3) is 0 Å². The van der Waals surface area contributed by atoms with Crippen LogP contribution in [0.5, 0.6) is 5.75 Å². The molecule has 1 aliphatic heterocycles. The van der Waals surface area contributed by atoms with Gasteiger partial charge in [-0.05, 0) is 32.8 Å². The van der Waals surface area contributed by atoms with E-state index in [1.165, 1.54) is 0 Å². The Bertz CT molecular complexity index is 479. The van der Waals surface area contributed by atoms with Crippen LogP contribution in [0.1, 0.15) is 43.9 Å². The number of piperidine rings is 1. The summed E-state index contributed by atoms with van der Waals surface area (Å²) in [5.74, 6) is 0.417. The van der Waals surface area contributed by atoms with Crippen molar-refractivity contribution in [1.29, 1.82) is 0 Å². The summed E-state index contributed by atoms with van der Waals surface area (Å²) in [6, 6.07) is 6.25. The monoisotopic (exact) mass is 276 g/mol. The molecule has 0 saturated carbocycles. The second-order valence-electron chi connectivity index (χ2n) is 5.75. The van der Waals surface area contributed by atoms with Crippen molar-refractivity contribution in [1.82, 2.24) is 10.2 Å². The average molecular weight is 276 g/mol. The first-order chi connectivity index (χ1) is 9.47. The second-order valence-corrected chi connectivity index (χ2v) is 5.75. The van der Waals surface area contributed by atoms with E-state index in [1.807, 2.05) is 13.0 Å². The van der Waals surface area contributed by atoms with Gasteiger partial charge in [0.05, 0.1) is 0 Å². The number of likely N-dealkylation sites (tertiary alicyclic amines) is 1. The number of amides is 1. The van der Waals surface area contributed by atoms with Crippen LogP contribution in [0.15, 0.2) is 18.2 Å². The van der Waals surface area contributed by atoms with E-state index in [1.54, 1.807) is 13.0 Å². The van der Waals surface area contributed by atoms with E-state index in [9.17, 15) is 9.90 Å². The Labute approximate surface area is 120 Å². The summed E-state index contributed by atoms with van der Waals surface area (Å²) in [7, 11) is 0. The topological polar surface area (TPSA) is 52.6 Å². The predicted molar refractivity (Wildman–Crippen MR) is 79.7 cm³/mol. The first-order valence-electron chi connectivity index (χ1n) is 7.28. The number of carbonyl (C=O) groups is 1. The van der Waals surface area contributed by atoms with Gasteiger partial charge in [0, 0.05) is 37.7 Å². The molecule has 1 heterocycles. The largest absolute Gasteiger partial charge is 0.508 e. The van der Waals surface area contributed by atoms with Crippen LogP contribution < -0.4 is 5.32 Å². The van der Waals surface area contributed by atoms with E-state index < -0.39 is 0 Å². The molecule has 2 N–H and O–H groups in total. The highest BCUT2D eigenvalue weighted by Crippen LogP contribution is 2.31. The number of hydrogen-bond acceptors (Lipinski definition) is 3. The molecule has 0 bridgehead atoms. The molecular formula is C16H24N2O2. The molecule has 4 nitrogen and oxygen atoms in total. The van der Waals surface area contributed by atoms with Crippen LogP contribution in [0.3, 0.4) is 0 Å². The lowest BCUT2D eigenvalue weighted by atomic mass is 9.98. The third-order valence-electron chi connectivity index (χ3n) is 4.12. The van der Waals surface area contributed by atoms with Gasteiger partial charge in [-0.2, -0.15) is 0 Å². The Hall–Kier alpha value is -1.55. The Morgan fingerprint density at radius 1 is 1.40 bits per heavy atom. The third kappa shape index (κ3) is 3.51. The molecule has 1 fully saturated rings. The molecular weight excluding hydrogens is 252 g/mol. The van der Waals surface area contributed by atoms with Gasteiger partial charge in [-0.15, -0.1) is 0 Å². The van der Waals surface area contributed by atoms with Crippen molar-refractivity contribution in [2.75, 3.05) is 13.1 Å². The molecule has 110 valence electrons. The lowest BCUT2D eigenvalue weighted by molar-refractivity contribution is -0.120. The molecule has 1 aromatic rings. The molecule has 1 saturated heterocycles. The minimum absolute atomic E-state index is 0.0489. The summed E-state index contributed by atoms with van der Waals surface area (Å²) in [5.41, 5.74) is 2.15. The van der Waals surface area contributed by atoms with Gasteiger partial charge in [-0.25, -0.2) is 0 Å². The van der Waals surface area contributed by atoms with Crippen molar-refractivity contribution in [3.05, 3.63) is 29.3 Å². The van der Waals surface area contributed by atoms with Crippen LogP contribution in [0, 0.1) is 6.92 Å². The number of nitrogens with one attached hydrogen (secondary N) is 1. The summed E-state index contributed by atoms with van der Waals surface area (Å²) >= 11 is 0. The number of rotatable bonds is 3. The smallest absolute Gasteiger partial charge is 0.217 e. The molecule has 4 heteroatoms. The Balaban J connectivity index is 1.99. The van der Waals surface area contributed by atoms with Gasteiger partial charge < -0.3 is 10.4 Å². The number of hydrogen-bond donors (Lipinski definition) is 2. The van der Waals surface area contributed by atoms with E-state index in [4.69, 9.17) is 0 Å². The summed E-state index contributed by atoms with van der Waals surface area (Å²) in [4.78, 5) is 13.4. The average Bonchev–Trinajstić information content (AvgIpc) is 2.41. The second kappa shape index (κ2) is 6.27. The van der Waals surface area contributed by atoms with Crippen molar-refractivity contribution in [3.8, 4) is 5.75 Å².